The fraction of sp³-hybridized carbons (Fsp3) is 0.118. The first-order chi connectivity index (χ1) is 11.1. The number of nitrogen functional groups attached to an aromatic ring is 1. The molecule has 0 aliphatic heterocycles. The van der Waals surface area contributed by atoms with Gasteiger partial charge in [-0.1, -0.05) is 36.4 Å². The second-order valence-corrected chi connectivity index (χ2v) is 5.55. The Morgan fingerprint density at radius 2 is 1.91 bits per heavy atom. The SMILES string of the molecule is Cc1nc(N)c2[nH]c(=O)n(Cc3ccc4ccccc4c3)c2n1. The molecule has 0 aliphatic carbocycles. The van der Waals surface area contributed by atoms with E-state index in [1.165, 1.54) is 5.39 Å². The molecule has 0 unspecified atom stereocenters. The van der Waals surface area contributed by atoms with E-state index in [0.29, 0.717) is 29.4 Å². The number of anilines is 1. The summed E-state index contributed by atoms with van der Waals surface area (Å²) in [6.45, 7) is 2.19. The number of hydrogen-bond acceptors (Lipinski definition) is 4. The fourth-order valence-electron chi connectivity index (χ4n) is 2.83. The predicted octanol–water partition coefficient (Wildman–Crippen LogP) is 2.21. The molecular weight excluding hydrogens is 290 g/mol. The zero-order valence-corrected chi connectivity index (χ0v) is 12.6. The van der Waals surface area contributed by atoms with Crippen LogP contribution >= 0.6 is 0 Å². The van der Waals surface area contributed by atoms with Crippen molar-refractivity contribution in [2.75, 3.05) is 5.73 Å². The van der Waals surface area contributed by atoms with Crippen LogP contribution in [0.5, 0.6) is 0 Å². The standard InChI is InChI=1S/C17H15N5O/c1-10-19-15(18)14-16(20-10)22(17(23)21-14)9-11-6-7-12-4-2-3-5-13(12)8-11/h2-8H,9H2,1H3,(H,21,23)(H2,18,19,20). The number of H-pyrrole nitrogens is 1. The summed E-state index contributed by atoms with van der Waals surface area (Å²) >= 11 is 0. The van der Waals surface area contributed by atoms with Gasteiger partial charge in [0.15, 0.2) is 11.5 Å². The summed E-state index contributed by atoms with van der Waals surface area (Å²) in [6.07, 6.45) is 0. The third-order valence-electron chi connectivity index (χ3n) is 3.92. The number of fused-ring (bicyclic) bond motifs is 2. The topological polar surface area (TPSA) is 89.6 Å². The Kier molecular flexibility index (Phi) is 2.90. The highest BCUT2D eigenvalue weighted by Gasteiger charge is 2.13. The van der Waals surface area contributed by atoms with Crippen LogP contribution in [-0.2, 0) is 6.54 Å². The molecule has 0 radical (unpaired) electrons. The van der Waals surface area contributed by atoms with Gasteiger partial charge >= 0.3 is 5.69 Å². The number of aromatic amines is 1. The van der Waals surface area contributed by atoms with Crippen molar-refractivity contribution in [3.63, 3.8) is 0 Å². The molecule has 6 heteroatoms. The summed E-state index contributed by atoms with van der Waals surface area (Å²) < 4.78 is 1.59. The molecule has 2 aromatic heterocycles. The van der Waals surface area contributed by atoms with E-state index < -0.39 is 0 Å². The zero-order valence-electron chi connectivity index (χ0n) is 12.6. The lowest BCUT2D eigenvalue weighted by Crippen LogP contribution is -2.17. The lowest BCUT2D eigenvalue weighted by Gasteiger charge is -2.06. The molecule has 2 heterocycles. The van der Waals surface area contributed by atoms with Crippen LogP contribution < -0.4 is 11.4 Å². The van der Waals surface area contributed by atoms with E-state index in [2.05, 4.69) is 39.2 Å². The van der Waals surface area contributed by atoms with E-state index in [-0.39, 0.29) is 5.69 Å². The first kappa shape index (κ1) is 13.5. The summed E-state index contributed by atoms with van der Waals surface area (Å²) in [7, 11) is 0. The first-order valence-electron chi connectivity index (χ1n) is 7.32. The van der Waals surface area contributed by atoms with Gasteiger partial charge < -0.3 is 10.7 Å². The second-order valence-electron chi connectivity index (χ2n) is 5.55. The average Bonchev–Trinajstić information content (AvgIpc) is 2.84. The van der Waals surface area contributed by atoms with Gasteiger partial charge in [0.2, 0.25) is 0 Å². The highest BCUT2D eigenvalue weighted by Crippen LogP contribution is 2.18. The van der Waals surface area contributed by atoms with E-state index in [4.69, 9.17) is 5.73 Å². The van der Waals surface area contributed by atoms with Crippen LogP contribution in [0.3, 0.4) is 0 Å². The number of nitrogens with one attached hydrogen (secondary N) is 1. The molecular formula is C17H15N5O. The van der Waals surface area contributed by atoms with Crippen LogP contribution in [0.15, 0.2) is 47.3 Å². The van der Waals surface area contributed by atoms with Crippen LogP contribution in [-0.4, -0.2) is 19.5 Å². The third-order valence-corrected chi connectivity index (χ3v) is 3.92. The maximum Gasteiger partial charge on any atom is 0.328 e. The van der Waals surface area contributed by atoms with Crippen molar-refractivity contribution in [2.45, 2.75) is 13.5 Å². The van der Waals surface area contributed by atoms with E-state index in [0.717, 1.165) is 10.9 Å². The van der Waals surface area contributed by atoms with Gasteiger partial charge in [0.25, 0.3) is 0 Å². The minimum atomic E-state index is -0.236. The van der Waals surface area contributed by atoms with E-state index in [1.807, 2.05) is 18.2 Å². The quantitative estimate of drug-likeness (QED) is 0.594. The average molecular weight is 305 g/mol. The summed E-state index contributed by atoms with van der Waals surface area (Å²) in [6, 6.07) is 14.3. The number of rotatable bonds is 2. The van der Waals surface area contributed by atoms with Crippen molar-refractivity contribution >= 4 is 27.8 Å². The molecule has 4 rings (SSSR count). The summed E-state index contributed by atoms with van der Waals surface area (Å²) in [5, 5.41) is 2.31. The molecule has 4 aromatic rings. The maximum atomic E-state index is 12.3. The van der Waals surface area contributed by atoms with Gasteiger partial charge in [-0.2, -0.15) is 0 Å². The van der Waals surface area contributed by atoms with E-state index in [9.17, 15) is 4.79 Å². The van der Waals surface area contributed by atoms with Crippen LogP contribution in [0.2, 0.25) is 0 Å². The molecule has 0 bridgehead atoms. The molecule has 6 nitrogen and oxygen atoms in total. The number of aryl methyl sites for hydroxylation is 1. The Hall–Kier alpha value is -3.15. The summed E-state index contributed by atoms with van der Waals surface area (Å²) in [5.74, 6) is 0.836. The zero-order chi connectivity index (χ0) is 16.0. The van der Waals surface area contributed by atoms with Gasteiger partial charge in [0.1, 0.15) is 11.3 Å². The molecule has 0 saturated carbocycles. The van der Waals surface area contributed by atoms with Crippen molar-refractivity contribution in [3.05, 3.63) is 64.3 Å². The normalized spacial score (nSPS) is 11.3. The number of nitrogens with two attached hydrogens (primary N) is 1. The highest BCUT2D eigenvalue weighted by molar-refractivity contribution is 5.83. The maximum absolute atomic E-state index is 12.3. The van der Waals surface area contributed by atoms with Crippen LogP contribution in [0.4, 0.5) is 5.82 Å². The molecule has 0 fully saturated rings. The monoisotopic (exact) mass is 305 g/mol. The Bertz CT molecular complexity index is 1090. The van der Waals surface area contributed by atoms with Crippen LogP contribution in [0.1, 0.15) is 11.4 Å². The number of benzene rings is 2. The lowest BCUT2D eigenvalue weighted by atomic mass is 10.1. The van der Waals surface area contributed by atoms with Gasteiger partial charge in [-0.25, -0.2) is 14.8 Å². The first-order valence-corrected chi connectivity index (χ1v) is 7.32. The van der Waals surface area contributed by atoms with Crippen molar-refractivity contribution in [2.24, 2.45) is 0 Å². The van der Waals surface area contributed by atoms with Crippen LogP contribution in [0, 0.1) is 6.92 Å². The number of hydrogen-bond donors (Lipinski definition) is 2. The highest BCUT2D eigenvalue weighted by atomic mass is 16.1. The summed E-state index contributed by atoms with van der Waals surface area (Å²) in [5.41, 5.74) is 7.69. The minimum absolute atomic E-state index is 0.236. The molecule has 0 spiro atoms. The molecule has 0 saturated heterocycles. The largest absolute Gasteiger partial charge is 0.382 e. The van der Waals surface area contributed by atoms with Gasteiger partial charge in [-0.3, -0.25) is 4.57 Å². The van der Waals surface area contributed by atoms with Crippen molar-refractivity contribution in [1.29, 1.82) is 0 Å². The fourth-order valence-corrected chi connectivity index (χ4v) is 2.83. The molecule has 114 valence electrons. The third kappa shape index (κ3) is 2.24. The van der Waals surface area contributed by atoms with Gasteiger partial charge in [0.05, 0.1) is 6.54 Å². The molecule has 2 aromatic carbocycles. The molecule has 0 aliphatic rings. The smallest absolute Gasteiger partial charge is 0.328 e. The summed E-state index contributed by atoms with van der Waals surface area (Å²) in [4.78, 5) is 23.4. The molecule has 0 amide bonds. The van der Waals surface area contributed by atoms with Crippen molar-refractivity contribution < 1.29 is 0 Å². The molecule has 0 atom stereocenters. The Morgan fingerprint density at radius 1 is 1.13 bits per heavy atom. The second kappa shape index (κ2) is 4.95. The lowest BCUT2D eigenvalue weighted by molar-refractivity contribution is 0.776. The number of aromatic nitrogens is 4. The predicted molar refractivity (Wildman–Crippen MR) is 90.3 cm³/mol. The van der Waals surface area contributed by atoms with Gasteiger partial charge in [-0.15, -0.1) is 0 Å². The van der Waals surface area contributed by atoms with Crippen LogP contribution in [0.25, 0.3) is 21.9 Å². The van der Waals surface area contributed by atoms with Crippen molar-refractivity contribution in [3.8, 4) is 0 Å². The molecule has 23 heavy (non-hydrogen) atoms. The van der Waals surface area contributed by atoms with Crippen molar-refractivity contribution in [1.82, 2.24) is 19.5 Å². The Balaban J connectivity index is 1.85. The minimum Gasteiger partial charge on any atom is -0.382 e. The van der Waals surface area contributed by atoms with Gasteiger partial charge in [-0.05, 0) is 29.3 Å². The van der Waals surface area contributed by atoms with E-state index in [1.54, 1.807) is 11.5 Å². The Labute approximate surface area is 131 Å². The van der Waals surface area contributed by atoms with Gasteiger partial charge in [0, 0.05) is 0 Å². The molecule has 3 N–H and O–H groups in total. The number of nitrogens with zero attached hydrogens (tertiary/aromatic N) is 3. The Morgan fingerprint density at radius 3 is 2.74 bits per heavy atom. The van der Waals surface area contributed by atoms with E-state index >= 15 is 0 Å². The number of imidazole rings is 1.